The van der Waals surface area contributed by atoms with Crippen LogP contribution in [0, 0.1) is 10.1 Å². The van der Waals surface area contributed by atoms with Gasteiger partial charge < -0.3 is 19.5 Å². The minimum atomic E-state index is -0.687. The van der Waals surface area contributed by atoms with Gasteiger partial charge in [-0.05, 0) is 31.5 Å². The van der Waals surface area contributed by atoms with E-state index in [1.807, 2.05) is 18.2 Å². The van der Waals surface area contributed by atoms with E-state index in [1.54, 1.807) is 25.1 Å². The number of rotatable bonds is 9. The Labute approximate surface area is 157 Å². The van der Waals surface area contributed by atoms with Crippen LogP contribution in [0.1, 0.15) is 12.5 Å². The van der Waals surface area contributed by atoms with Crippen LogP contribution in [0.4, 0.5) is 5.69 Å². The van der Waals surface area contributed by atoms with Crippen molar-refractivity contribution in [2.45, 2.75) is 19.4 Å². The standard InChI is InChI=1S/C19H22N2O6/c1-13(27-15-7-5-4-6-8-15)19(22)20-10-9-14-11-17(25-2)18(26-3)12-16(14)21(23)24/h4-8,11-13H,9-10H2,1-3H3,(H,20,22). The van der Waals surface area contributed by atoms with Crippen molar-refractivity contribution in [1.29, 1.82) is 0 Å². The summed E-state index contributed by atoms with van der Waals surface area (Å²) in [5.74, 6) is 0.963. The molecule has 0 aromatic heterocycles. The van der Waals surface area contributed by atoms with E-state index in [-0.39, 0.29) is 30.3 Å². The predicted octanol–water partition coefficient (Wildman–Crippen LogP) is 2.74. The maximum atomic E-state index is 12.2. The lowest BCUT2D eigenvalue weighted by Gasteiger charge is -2.15. The highest BCUT2D eigenvalue weighted by Gasteiger charge is 2.20. The van der Waals surface area contributed by atoms with Gasteiger partial charge >= 0.3 is 0 Å². The summed E-state index contributed by atoms with van der Waals surface area (Å²) >= 11 is 0. The van der Waals surface area contributed by atoms with Crippen molar-refractivity contribution in [2.75, 3.05) is 20.8 Å². The average Bonchev–Trinajstić information content (AvgIpc) is 2.67. The highest BCUT2D eigenvalue weighted by molar-refractivity contribution is 5.80. The van der Waals surface area contributed by atoms with E-state index < -0.39 is 11.0 Å². The van der Waals surface area contributed by atoms with Crippen molar-refractivity contribution >= 4 is 11.6 Å². The van der Waals surface area contributed by atoms with E-state index in [2.05, 4.69) is 5.32 Å². The van der Waals surface area contributed by atoms with Gasteiger partial charge in [-0.3, -0.25) is 14.9 Å². The van der Waals surface area contributed by atoms with Crippen molar-refractivity contribution in [3.8, 4) is 17.2 Å². The van der Waals surface area contributed by atoms with Crippen LogP contribution in [-0.2, 0) is 11.2 Å². The molecule has 144 valence electrons. The van der Waals surface area contributed by atoms with Gasteiger partial charge in [0.05, 0.1) is 25.2 Å². The number of ether oxygens (including phenoxy) is 3. The second-order valence-corrected chi connectivity index (χ2v) is 5.71. The summed E-state index contributed by atoms with van der Waals surface area (Å²) in [7, 11) is 2.87. The summed E-state index contributed by atoms with van der Waals surface area (Å²) in [6.45, 7) is 1.86. The number of nitrogens with zero attached hydrogens (tertiary/aromatic N) is 1. The molecule has 0 heterocycles. The van der Waals surface area contributed by atoms with Crippen molar-refractivity contribution in [3.63, 3.8) is 0 Å². The number of nitro groups is 1. The minimum Gasteiger partial charge on any atom is -0.493 e. The predicted molar refractivity (Wildman–Crippen MR) is 99.4 cm³/mol. The van der Waals surface area contributed by atoms with E-state index in [1.165, 1.54) is 20.3 Å². The fourth-order valence-corrected chi connectivity index (χ4v) is 2.50. The number of amides is 1. The number of benzene rings is 2. The molecule has 0 fully saturated rings. The van der Waals surface area contributed by atoms with Crippen LogP contribution in [-0.4, -0.2) is 37.7 Å². The van der Waals surface area contributed by atoms with Crippen LogP contribution in [0.15, 0.2) is 42.5 Å². The number of nitrogens with one attached hydrogen (secondary N) is 1. The van der Waals surface area contributed by atoms with Gasteiger partial charge in [0.1, 0.15) is 5.75 Å². The number of nitro benzene ring substituents is 1. The molecule has 0 saturated heterocycles. The molecular weight excluding hydrogens is 352 g/mol. The molecule has 0 bridgehead atoms. The second-order valence-electron chi connectivity index (χ2n) is 5.71. The first-order valence-electron chi connectivity index (χ1n) is 8.35. The fourth-order valence-electron chi connectivity index (χ4n) is 2.50. The van der Waals surface area contributed by atoms with E-state index in [9.17, 15) is 14.9 Å². The van der Waals surface area contributed by atoms with Crippen molar-refractivity contribution < 1.29 is 23.9 Å². The summed E-state index contributed by atoms with van der Waals surface area (Å²) in [4.78, 5) is 23.0. The monoisotopic (exact) mass is 374 g/mol. The zero-order valence-corrected chi connectivity index (χ0v) is 15.4. The summed E-state index contributed by atoms with van der Waals surface area (Å²) in [5, 5.41) is 14.0. The molecule has 2 rings (SSSR count). The number of hydrogen-bond acceptors (Lipinski definition) is 6. The smallest absolute Gasteiger partial charge is 0.276 e. The quantitative estimate of drug-likeness (QED) is 0.535. The highest BCUT2D eigenvalue weighted by atomic mass is 16.6. The Kier molecular flexibility index (Phi) is 6.99. The van der Waals surface area contributed by atoms with E-state index in [4.69, 9.17) is 14.2 Å². The summed E-state index contributed by atoms with van der Waals surface area (Å²) in [6, 6.07) is 11.9. The molecule has 0 aliphatic carbocycles. The van der Waals surface area contributed by atoms with Gasteiger partial charge in [0.2, 0.25) is 0 Å². The van der Waals surface area contributed by atoms with Gasteiger partial charge in [0.15, 0.2) is 17.6 Å². The van der Waals surface area contributed by atoms with E-state index in [0.717, 1.165) is 0 Å². The lowest BCUT2D eigenvalue weighted by Crippen LogP contribution is -2.37. The molecule has 0 aliphatic rings. The Morgan fingerprint density at radius 3 is 2.37 bits per heavy atom. The number of carbonyl (C=O) groups excluding carboxylic acids is 1. The van der Waals surface area contributed by atoms with E-state index >= 15 is 0 Å². The Morgan fingerprint density at radius 2 is 1.78 bits per heavy atom. The summed E-state index contributed by atoms with van der Waals surface area (Å²) in [6.07, 6.45) is -0.423. The van der Waals surface area contributed by atoms with Gasteiger partial charge in [-0.1, -0.05) is 18.2 Å². The number of para-hydroxylation sites is 1. The lowest BCUT2D eigenvalue weighted by molar-refractivity contribution is -0.385. The van der Waals surface area contributed by atoms with Crippen molar-refractivity contribution in [2.24, 2.45) is 0 Å². The van der Waals surface area contributed by atoms with Crippen molar-refractivity contribution in [1.82, 2.24) is 5.32 Å². The zero-order chi connectivity index (χ0) is 19.8. The number of methoxy groups -OCH3 is 2. The molecule has 1 atom stereocenters. The third-order valence-corrected chi connectivity index (χ3v) is 3.90. The maximum Gasteiger partial charge on any atom is 0.276 e. The Balaban J connectivity index is 1.99. The third-order valence-electron chi connectivity index (χ3n) is 3.90. The molecule has 0 radical (unpaired) electrons. The average molecular weight is 374 g/mol. The highest BCUT2D eigenvalue weighted by Crippen LogP contribution is 2.34. The fraction of sp³-hybridized carbons (Fsp3) is 0.316. The first-order chi connectivity index (χ1) is 13.0. The molecule has 2 aromatic carbocycles. The van der Waals surface area contributed by atoms with Crippen LogP contribution in [0.5, 0.6) is 17.2 Å². The molecule has 0 saturated carbocycles. The SMILES string of the molecule is COc1cc(CCNC(=O)C(C)Oc2ccccc2)c([N+](=O)[O-])cc1OC. The molecule has 0 aliphatic heterocycles. The lowest BCUT2D eigenvalue weighted by atomic mass is 10.1. The Bertz CT molecular complexity index is 794. The molecule has 1 unspecified atom stereocenters. The van der Waals surface area contributed by atoms with Gasteiger partial charge in [0.25, 0.3) is 11.6 Å². The van der Waals surface area contributed by atoms with Crippen molar-refractivity contribution in [3.05, 3.63) is 58.1 Å². The first-order valence-corrected chi connectivity index (χ1v) is 8.35. The molecule has 8 nitrogen and oxygen atoms in total. The van der Waals surface area contributed by atoms with Crippen LogP contribution in [0.2, 0.25) is 0 Å². The number of carbonyl (C=O) groups is 1. The van der Waals surface area contributed by atoms with Crippen LogP contribution >= 0.6 is 0 Å². The Morgan fingerprint density at radius 1 is 1.15 bits per heavy atom. The van der Waals surface area contributed by atoms with Gasteiger partial charge in [-0.15, -0.1) is 0 Å². The summed E-state index contributed by atoms with van der Waals surface area (Å²) in [5.41, 5.74) is 0.352. The zero-order valence-electron chi connectivity index (χ0n) is 15.4. The van der Waals surface area contributed by atoms with Gasteiger partial charge in [-0.2, -0.15) is 0 Å². The topological polar surface area (TPSA) is 99.9 Å². The van der Waals surface area contributed by atoms with Crippen LogP contribution in [0.3, 0.4) is 0 Å². The molecule has 2 aromatic rings. The second kappa shape index (κ2) is 9.42. The molecular formula is C19H22N2O6. The molecule has 1 amide bonds. The molecule has 0 spiro atoms. The molecule has 8 heteroatoms. The van der Waals surface area contributed by atoms with Gasteiger partial charge in [-0.25, -0.2) is 0 Å². The summed E-state index contributed by atoms with van der Waals surface area (Å²) < 4.78 is 15.8. The number of hydrogen-bond donors (Lipinski definition) is 1. The first kappa shape index (κ1) is 20.0. The molecule has 1 N–H and O–H groups in total. The largest absolute Gasteiger partial charge is 0.493 e. The Hall–Kier alpha value is -3.29. The van der Waals surface area contributed by atoms with E-state index in [0.29, 0.717) is 17.1 Å². The third kappa shape index (κ3) is 5.34. The van der Waals surface area contributed by atoms with Crippen LogP contribution < -0.4 is 19.5 Å². The molecule has 27 heavy (non-hydrogen) atoms. The maximum absolute atomic E-state index is 12.2. The van der Waals surface area contributed by atoms with Crippen LogP contribution in [0.25, 0.3) is 0 Å². The minimum absolute atomic E-state index is 0.0875. The van der Waals surface area contributed by atoms with Gasteiger partial charge in [0, 0.05) is 12.1 Å². The normalized spacial score (nSPS) is 11.4.